The lowest BCUT2D eigenvalue weighted by atomic mass is 10.2. The number of rotatable bonds is 4. The van der Waals surface area contributed by atoms with E-state index in [-0.39, 0.29) is 5.02 Å². The molecule has 112 valence electrons. The van der Waals surface area contributed by atoms with Crippen LogP contribution in [0.5, 0.6) is 0 Å². The molecule has 0 atom stereocenters. The fourth-order valence-corrected chi connectivity index (χ4v) is 4.28. The summed E-state index contributed by atoms with van der Waals surface area (Å²) in [5.74, 6) is 2.78. The van der Waals surface area contributed by atoms with Gasteiger partial charge in [0, 0.05) is 5.02 Å². The summed E-state index contributed by atoms with van der Waals surface area (Å²) in [7, 11) is -8.56. The van der Waals surface area contributed by atoms with Gasteiger partial charge in [-0.25, -0.2) is 27.8 Å². The van der Waals surface area contributed by atoms with E-state index >= 15 is 0 Å². The molecule has 0 bridgehead atoms. The van der Waals surface area contributed by atoms with E-state index < -0.39 is 41.3 Å². The Hall–Kier alpha value is -1.20. The number of nitrogens with two attached hydrogens (primary N) is 2. The molecule has 0 aliphatic heterocycles. The highest BCUT2D eigenvalue weighted by Gasteiger charge is 2.27. The van der Waals surface area contributed by atoms with Gasteiger partial charge in [0.25, 0.3) is 0 Å². The maximum Gasteiger partial charge on any atom is 0.249 e. The van der Waals surface area contributed by atoms with Crippen molar-refractivity contribution in [1.82, 2.24) is 5.43 Å². The predicted octanol–water partition coefficient (Wildman–Crippen LogP) is -0.941. The van der Waals surface area contributed by atoms with Crippen molar-refractivity contribution in [3.8, 4) is 0 Å². The number of hydrogen-bond donors (Lipinski definition) is 3. The smallest absolute Gasteiger partial charge is 0.249 e. The molecule has 11 heteroatoms. The molecule has 0 radical (unpaired) electrons. The van der Waals surface area contributed by atoms with Crippen molar-refractivity contribution in [2.24, 2.45) is 11.0 Å². The molecule has 20 heavy (non-hydrogen) atoms. The molecule has 8 nitrogen and oxygen atoms in total. The molecule has 1 rings (SSSR count). The van der Waals surface area contributed by atoms with Crippen LogP contribution in [0, 0.1) is 6.92 Å². The largest absolute Gasteiger partial charge is 0.293 e. The monoisotopic (exact) mass is 341 g/mol. The Bertz CT molecular complexity index is 758. The summed E-state index contributed by atoms with van der Waals surface area (Å²) in [6.07, 6.45) is 0. The lowest BCUT2D eigenvalue weighted by Gasteiger charge is -2.11. The van der Waals surface area contributed by atoms with E-state index in [2.05, 4.69) is 0 Å². The number of primary sulfonamides is 1. The van der Waals surface area contributed by atoms with Gasteiger partial charge in [0.1, 0.15) is 10.6 Å². The number of aryl methyl sites for hydroxylation is 1. The van der Waals surface area contributed by atoms with Crippen LogP contribution in [0.15, 0.2) is 21.9 Å². The average Bonchev–Trinajstić information content (AvgIpc) is 2.29. The van der Waals surface area contributed by atoms with Crippen LogP contribution in [-0.4, -0.2) is 28.5 Å². The number of hydrogen-bond acceptors (Lipinski definition) is 6. The summed E-state index contributed by atoms with van der Waals surface area (Å²) < 4.78 is 47.0. The molecule has 0 aliphatic carbocycles. The highest BCUT2D eigenvalue weighted by Crippen LogP contribution is 2.28. The van der Waals surface area contributed by atoms with Crippen LogP contribution in [0.25, 0.3) is 0 Å². The third-order valence-corrected chi connectivity index (χ3v) is 5.49. The first-order valence-corrected chi connectivity index (χ1v) is 8.62. The van der Waals surface area contributed by atoms with Crippen molar-refractivity contribution in [2.45, 2.75) is 16.7 Å². The van der Waals surface area contributed by atoms with Gasteiger partial charge in [-0.05, 0) is 24.6 Å². The van der Waals surface area contributed by atoms with E-state index in [1.807, 2.05) is 0 Å². The topological polar surface area (TPSA) is 149 Å². The van der Waals surface area contributed by atoms with Crippen molar-refractivity contribution in [3.63, 3.8) is 0 Å². The first-order chi connectivity index (χ1) is 8.99. The zero-order chi connectivity index (χ0) is 15.7. The lowest BCUT2D eigenvalue weighted by molar-refractivity contribution is -0.118. The number of carbonyl (C=O) groups excluding carboxylic acids is 1. The maximum atomic E-state index is 12.0. The fraction of sp³-hybridized carbons (Fsp3) is 0.222. The van der Waals surface area contributed by atoms with E-state index in [0.717, 1.165) is 12.1 Å². The summed E-state index contributed by atoms with van der Waals surface area (Å²) in [4.78, 5) is 9.82. The van der Waals surface area contributed by atoms with Gasteiger partial charge in [-0.1, -0.05) is 11.6 Å². The van der Waals surface area contributed by atoms with E-state index in [1.165, 1.54) is 6.92 Å². The first kappa shape index (κ1) is 16.9. The van der Waals surface area contributed by atoms with E-state index in [9.17, 15) is 21.6 Å². The maximum absolute atomic E-state index is 12.0. The fourth-order valence-electron chi connectivity index (χ4n) is 1.39. The van der Waals surface area contributed by atoms with Gasteiger partial charge >= 0.3 is 0 Å². The minimum atomic E-state index is -4.30. The zero-order valence-corrected chi connectivity index (χ0v) is 12.6. The van der Waals surface area contributed by atoms with Crippen LogP contribution in [0.3, 0.4) is 0 Å². The normalized spacial score (nSPS) is 12.2. The number of benzene rings is 1. The SMILES string of the molecule is Cc1cc(S(N)(=O)=O)c(S(=O)(=O)CC(=O)NN)cc1Cl. The molecule has 0 fully saturated rings. The Morgan fingerprint density at radius 3 is 2.25 bits per heavy atom. The molecule has 0 saturated carbocycles. The summed E-state index contributed by atoms with van der Waals surface area (Å²) >= 11 is 5.79. The molecular weight excluding hydrogens is 330 g/mol. The molecule has 0 aromatic heterocycles. The second kappa shape index (κ2) is 5.66. The number of sulfonamides is 1. The van der Waals surface area contributed by atoms with Gasteiger partial charge in [0.2, 0.25) is 15.9 Å². The zero-order valence-electron chi connectivity index (χ0n) is 10.3. The number of halogens is 1. The Morgan fingerprint density at radius 2 is 1.80 bits per heavy atom. The van der Waals surface area contributed by atoms with E-state index in [0.29, 0.717) is 5.56 Å². The van der Waals surface area contributed by atoms with Crippen molar-refractivity contribution < 1.29 is 21.6 Å². The molecule has 0 heterocycles. The van der Waals surface area contributed by atoms with Crippen LogP contribution >= 0.6 is 11.6 Å². The van der Waals surface area contributed by atoms with Crippen molar-refractivity contribution in [3.05, 3.63) is 22.7 Å². The Kier molecular flexibility index (Phi) is 4.77. The number of sulfone groups is 1. The van der Waals surface area contributed by atoms with Gasteiger partial charge in [-0.2, -0.15) is 0 Å². The second-order valence-corrected chi connectivity index (χ2v) is 7.81. The second-order valence-electron chi connectivity index (χ2n) is 3.92. The first-order valence-electron chi connectivity index (χ1n) is 5.04. The van der Waals surface area contributed by atoms with Crippen molar-refractivity contribution in [1.29, 1.82) is 0 Å². The summed E-state index contributed by atoms with van der Waals surface area (Å²) in [5, 5.41) is 5.01. The van der Waals surface area contributed by atoms with Gasteiger partial charge in [-0.15, -0.1) is 0 Å². The Labute approximate surface area is 121 Å². The third kappa shape index (κ3) is 3.67. The number of amides is 1. The standard InChI is InChI=1S/C9H12ClN3O5S2/c1-5-2-8(20(12,17)18)7(3-6(5)10)19(15,16)4-9(14)13-11/h2-3H,4,11H2,1H3,(H,13,14)(H2,12,17,18). The molecule has 0 unspecified atom stereocenters. The Balaban J connectivity index is 3.60. The Morgan fingerprint density at radius 1 is 1.25 bits per heavy atom. The molecule has 0 saturated heterocycles. The molecule has 0 aliphatic rings. The van der Waals surface area contributed by atoms with Gasteiger partial charge < -0.3 is 0 Å². The molecular formula is C9H12ClN3O5S2. The van der Waals surface area contributed by atoms with E-state index in [1.54, 1.807) is 5.43 Å². The quantitative estimate of drug-likeness (QED) is 0.365. The van der Waals surface area contributed by atoms with Gasteiger partial charge in [0.05, 0.1) is 4.90 Å². The van der Waals surface area contributed by atoms with Crippen molar-refractivity contribution in [2.75, 3.05) is 5.75 Å². The summed E-state index contributed by atoms with van der Waals surface area (Å²) in [5.41, 5.74) is 1.97. The van der Waals surface area contributed by atoms with Crippen LogP contribution < -0.4 is 16.4 Å². The van der Waals surface area contributed by atoms with Crippen LogP contribution in [0.4, 0.5) is 0 Å². The highest BCUT2D eigenvalue weighted by atomic mass is 35.5. The van der Waals surface area contributed by atoms with Gasteiger partial charge in [0.15, 0.2) is 9.84 Å². The predicted molar refractivity (Wildman–Crippen MR) is 71.9 cm³/mol. The average molecular weight is 342 g/mol. The number of carbonyl (C=O) groups is 1. The third-order valence-electron chi connectivity index (χ3n) is 2.35. The van der Waals surface area contributed by atoms with Crippen molar-refractivity contribution >= 4 is 37.4 Å². The minimum Gasteiger partial charge on any atom is -0.293 e. The molecule has 1 aromatic rings. The lowest BCUT2D eigenvalue weighted by Crippen LogP contribution is -2.35. The van der Waals surface area contributed by atoms with Crippen LogP contribution in [0.2, 0.25) is 5.02 Å². The molecule has 0 spiro atoms. The minimum absolute atomic E-state index is 0.0316. The summed E-state index contributed by atoms with van der Waals surface area (Å²) in [6.45, 7) is 1.49. The molecule has 1 amide bonds. The summed E-state index contributed by atoms with van der Waals surface area (Å²) in [6, 6.07) is 1.97. The highest BCUT2D eigenvalue weighted by molar-refractivity contribution is 7.94. The molecule has 1 aromatic carbocycles. The van der Waals surface area contributed by atoms with Crippen LogP contribution in [-0.2, 0) is 24.7 Å². The van der Waals surface area contributed by atoms with Crippen LogP contribution in [0.1, 0.15) is 5.56 Å². The number of hydrazine groups is 1. The van der Waals surface area contributed by atoms with Gasteiger partial charge in [-0.3, -0.25) is 10.2 Å². The number of nitrogens with one attached hydrogen (secondary N) is 1. The molecule has 5 N–H and O–H groups in total. The van der Waals surface area contributed by atoms with E-state index in [4.69, 9.17) is 22.6 Å².